The van der Waals surface area contributed by atoms with Gasteiger partial charge >= 0.3 is 5.97 Å². The molecule has 14 nitrogen and oxygen atoms in total. The van der Waals surface area contributed by atoms with Gasteiger partial charge in [-0.3, -0.25) is 4.79 Å². The molecule has 0 bridgehead atoms. The fourth-order valence-electron chi connectivity index (χ4n) is 7.44. The Morgan fingerprint density at radius 1 is 0.525 bits per heavy atom. The van der Waals surface area contributed by atoms with E-state index in [1.807, 2.05) is 0 Å². The first-order valence-electron chi connectivity index (χ1n) is 23.9. The number of hydrogen-bond donors (Lipinski definition) is 7. The minimum Gasteiger partial charge on any atom is -0.457 e. The number of allylic oxidation sites excluding steroid dienone is 4. The molecule has 61 heavy (non-hydrogen) atoms. The van der Waals surface area contributed by atoms with Crippen molar-refractivity contribution in [3.05, 3.63) is 24.3 Å². The third-order valence-corrected chi connectivity index (χ3v) is 11.4. The average molecular weight is 875 g/mol. The molecule has 0 aromatic rings. The largest absolute Gasteiger partial charge is 0.457 e. The molecule has 11 unspecified atom stereocenters. The van der Waals surface area contributed by atoms with Gasteiger partial charge in [0.1, 0.15) is 54.9 Å². The molecule has 14 heteroatoms. The Kier molecular flexibility index (Phi) is 32.6. The van der Waals surface area contributed by atoms with Gasteiger partial charge < -0.3 is 64.2 Å². The van der Waals surface area contributed by atoms with Crippen molar-refractivity contribution in [2.75, 3.05) is 33.0 Å². The van der Waals surface area contributed by atoms with Gasteiger partial charge in [-0.15, -0.1) is 0 Å². The minimum absolute atomic E-state index is 0.0558. The lowest BCUT2D eigenvalue weighted by Gasteiger charge is -2.42. The Morgan fingerprint density at radius 2 is 0.984 bits per heavy atom. The molecule has 2 aliphatic rings. The number of aliphatic hydroxyl groups is 7. The number of esters is 1. The molecule has 0 amide bonds. The van der Waals surface area contributed by atoms with Crippen LogP contribution in [0.15, 0.2) is 24.3 Å². The quantitative estimate of drug-likeness (QED) is 0.0215. The predicted octanol–water partition coefficient (Wildman–Crippen LogP) is 6.07. The van der Waals surface area contributed by atoms with Crippen LogP contribution in [-0.4, -0.2) is 142 Å². The molecule has 0 aromatic carbocycles. The van der Waals surface area contributed by atoms with Crippen LogP contribution in [-0.2, 0) is 33.2 Å². The standard InChI is InChI=1S/C47H86O14/c1-3-5-7-9-11-13-15-16-17-18-19-21-23-25-27-29-31-56-33-36(59-39(49)30-28-26-24-22-20-14-12-10-8-6-4-2)34-57-46-45(55)43(53)41(51)38(61-46)35-58-47-44(54)42(52)40(50)37(32-48)60-47/h10,12,16-17,36-38,40-48,50-55H,3-9,11,13-15,18-35H2,1-2H3/b12-10-,17-16-. The van der Waals surface area contributed by atoms with Crippen molar-refractivity contribution in [2.45, 2.75) is 235 Å². The van der Waals surface area contributed by atoms with Crippen molar-refractivity contribution in [1.29, 1.82) is 0 Å². The van der Waals surface area contributed by atoms with E-state index in [1.165, 1.54) is 77.0 Å². The van der Waals surface area contributed by atoms with E-state index in [9.17, 15) is 40.5 Å². The Morgan fingerprint density at radius 3 is 1.54 bits per heavy atom. The fourth-order valence-corrected chi connectivity index (χ4v) is 7.44. The first-order valence-corrected chi connectivity index (χ1v) is 23.9. The number of rotatable bonds is 37. The molecule has 2 heterocycles. The van der Waals surface area contributed by atoms with Crippen LogP contribution < -0.4 is 0 Å². The zero-order valence-electron chi connectivity index (χ0n) is 37.7. The first-order chi connectivity index (χ1) is 29.6. The second-order valence-corrected chi connectivity index (χ2v) is 16.9. The summed E-state index contributed by atoms with van der Waals surface area (Å²) in [7, 11) is 0. The van der Waals surface area contributed by atoms with Crippen LogP contribution in [0.2, 0.25) is 0 Å². The third-order valence-electron chi connectivity index (χ3n) is 11.4. The molecule has 2 saturated heterocycles. The van der Waals surface area contributed by atoms with E-state index in [0.29, 0.717) is 13.0 Å². The summed E-state index contributed by atoms with van der Waals surface area (Å²) >= 11 is 0. The first kappa shape index (κ1) is 55.6. The molecule has 358 valence electrons. The van der Waals surface area contributed by atoms with Gasteiger partial charge in [-0.25, -0.2) is 0 Å². The molecule has 0 saturated carbocycles. The van der Waals surface area contributed by atoms with Crippen molar-refractivity contribution >= 4 is 5.97 Å². The van der Waals surface area contributed by atoms with E-state index in [2.05, 4.69) is 38.2 Å². The molecule has 0 spiro atoms. The highest BCUT2D eigenvalue weighted by atomic mass is 16.7. The Balaban J connectivity index is 1.79. The van der Waals surface area contributed by atoms with Crippen molar-refractivity contribution in [3.63, 3.8) is 0 Å². The number of carbonyl (C=O) groups excluding carboxylic acids is 1. The fraction of sp³-hybridized carbons (Fsp3) is 0.894. The zero-order chi connectivity index (χ0) is 44.5. The highest BCUT2D eigenvalue weighted by Crippen LogP contribution is 2.26. The van der Waals surface area contributed by atoms with Gasteiger partial charge in [0.25, 0.3) is 0 Å². The normalized spacial score (nSPS) is 27.6. The van der Waals surface area contributed by atoms with Crippen LogP contribution in [0.5, 0.6) is 0 Å². The number of aliphatic hydroxyl groups excluding tert-OH is 7. The maximum Gasteiger partial charge on any atom is 0.306 e. The molecule has 2 fully saturated rings. The highest BCUT2D eigenvalue weighted by Gasteiger charge is 2.47. The second kappa shape index (κ2) is 35.8. The van der Waals surface area contributed by atoms with Crippen LogP contribution in [0.4, 0.5) is 0 Å². The van der Waals surface area contributed by atoms with Crippen molar-refractivity contribution in [3.8, 4) is 0 Å². The zero-order valence-corrected chi connectivity index (χ0v) is 37.7. The SMILES string of the molecule is CCCC/C=C\CCCCCCCC(=O)OC(COCCCCCCCC/C=C\CCCCCCCC)COC1OC(COC2OC(CO)C(O)C(O)C2O)C(O)C(O)C1O. The lowest BCUT2D eigenvalue weighted by atomic mass is 9.98. The molecular formula is C47H86O14. The van der Waals surface area contributed by atoms with Crippen LogP contribution in [0, 0.1) is 0 Å². The van der Waals surface area contributed by atoms with E-state index >= 15 is 0 Å². The van der Waals surface area contributed by atoms with E-state index in [4.69, 9.17) is 28.4 Å². The Labute approximate surface area is 367 Å². The van der Waals surface area contributed by atoms with E-state index in [-0.39, 0.29) is 25.6 Å². The van der Waals surface area contributed by atoms with Crippen LogP contribution in [0.3, 0.4) is 0 Å². The average Bonchev–Trinajstić information content (AvgIpc) is 3.25. The van der Waals surface area contributed by atoms with Gasteiger partial charge in [0.05, 0.1) is 26.4 Å². The summed E-state index contributed by atoms with van der Waals surface area (Å²) in [5.41, 5.74) is 0. The molecule has 11 atom stereocenters. The molecule has 0 aliphatic carbocycles. The highest BCUT2D eigenvalue weighted by molar-refractivity contribution is 5.69. The van der Waals surface area contributed by atoms with Gasteiger partial charge in [-0.1, -0.05) is 128 Å². The van der Waals surface area contributed by atoms with Crippen LogP contribution in [0.1, 0.15) is 168 Å². The number of hydrogen-bond acceptors (Lipinski definition) is 14. The summed E-state index contributed by atoms with van der Waals surface area (Å²) in [6.07, 6.45) is 19.6. The van der Waals surface area contributed by atoms with E-state index in [0.717, 1.165) is 64.2 Å². The van der Waals surface area contributed by atoms with E-state index in [1.54, 1.807) is 0 Å². The van der Waals surface area contributed by atoms with Gasteiger partial charge in [0.2, 0.25) is 0 Å². The Hall–Kier alpha value is -1.53. The van der Waals surface area contributed by atoms with Crippen molar-refractivity contribution < 1.29 is 69.0 Å². The molecule has 0 aromatic heterocycles. The van der Waals surface area contributed by atoms with Gasteiger partial charge in [-0.05, 0) is 57.8 Å². The summed E-state index contributed by atoms with van der Waals surface area (Å²) < 4.78 is 34.2. The summed E-state index contributed by atoms with van der Waals surface area (Å²) in [6, 6.07) is 0. The third kappa shape index (κ3) is 24.4. The van der Waals surface area contributed by atoms with Gasteiger partial charge in [-0.2, -0.15) is 0 Å². The summed E-state index contributed by atoms with van der Waals surface area (Å²) in [5.74, 6) is -0.389. The maximum atomic E-state index is 12.9. The molecule has 2 aliphatic heterocycles. The summed E-state index contributed by atoms with van der Waals surface area (Å²) in [4.78, 5) is 12.9. The number of carbonyl (C=O) groups is 1. The summed E-state index contributed by atoms with van der Waals surface area (Å²) in [5, 5.41) is 71.9. The maximum absolute atomic E-state index is 12.9. The van der Waals surface area contributed by atoms with Gasteiger partial charge in [0.15, 0.2) is 12.6 Å². The van der Waals surface area contributed by atoms with Crippen molar-refractivity contribution in [1.82, 2.24) is 0 Å². The summed E-state index contributed by atoms with van der Waals surface area (Å²) in [6.45, 7) is 3.61. The number of ether oxygens (including phenoxy) is 6. The topological polar surface area (TPSA) is 214 Å². The minimum atomic E-state index is -1.71. The Bertz CT molecular complexity index is 1110. The number of unbranched alkanes of at least 4 members (excludes halogenated alkanes) is 19. The van der Waals surface area contributed by atoms with E-state index < -0.39 is 80.7 Å². The smallest absolute Gasteiger partial charge is 0.306 e. The second-order valence-electron chi connectivity index (χ2n) is 16.9. The van der Waals surface area contributed by atoms with Crippen LogP contribution in [0.25, 0.3) is 0 Å². The lowest BCUT2D eigenvalue weighted by Crippen LogP contribution is -2.61. The molecular weight excluding hydrogens is 789 g/mol. The molecule has 7 N–H and O–H groups in total. The van der Waals surface area contributed by atoms with Crippen molar-refractivity contribution in [2.24, 2.45) is 0 Å². The molecule has 0 radical (unpaired) electrons. The monoisotopic (exact) mass is 875 g/mol. The predicted molar refractivity (Wildman–Crippen MR) is 233 cm³/mol. The molecule has 2 rings (SSSR count). The lowest BCUT2D eigenvalue weighted by molar-refractivity contribution is -0.332. The van der Waals surface area contributed by atoms with Crippen LogP contribution >= 0.6 is 0 Å². The van der Waals surface area contributed by atoms with Gasteiger partial charge in [0, 0.05) is 13.0 Å².